The Bertz CT molecular complexity index is 769. The molecule has 0 aliphatic heterocycles. The van der Waals surface area contributed by atoms with Crippen LogP contribution in [-0.2, 0) is 16.1 Å². The highest BCUT2D eigenvalue weighted by Crippen LogP contribution is 2.17. The van der Waals surface area contributed by atoms with Gasteiger partial charge in [-0.05, 0) is 43.5 Å². The molecule has 120 valence electrons. The molecule has 0 heterocycles. The number of carbonyl (C=O) groups excluding carboxylic acids is 1. The van der Waals surface area contributed by atoms with E-state index >= 15 is 0 Å². The van der Waals surface area contributed by atoms with E-state index in [0.717, 1.165) is 11.1 Å². The third kappa shape index (κ3) is 4.19. The van der Waals surface area contributed by atoms with Crippen LogP contribution in [0.3, 0.4) is 0 Å². The summed E-state index contributed by atoms with van der Waals surface area (Å²) in [4.78, 5) is 23.3. The molecule has 2 aromatic carbocycles. The number of carboxylic acid groups (broad SMARTS) is 1. The van der Waals surface area contributed by atoms with Crippen molar-refractivity contribution in [2.45, 2.75) is 33.2 Å². The maximum Gasteiger partial charge on any atom is 0.338 e. The Balaban J connectivity index is 2.04. The Morgan fingerprint density at radius 1 is 1.17 bits per heavy atom. The SMILES string of the molecule is [2H]C([2H])C(C(=O)O)c1ccc(COC(=O)c2ccc(C)cc2C)cc1. The minimum atomic E-state index is -1.49. The fraction of sp³-hybridized carbons (Fsp3) is 0.263. The number of benzene rings is 2. The van der Waals surface area contributed by atoms with E-state index in [-0.39, 0.29) is 6.61 Å². The van der Waals surface area contributed by atoms with Crippen LogP contribution in [0.2, 0.25) is 0 Å². The maximum absolute atomic E-state index is 12.2. The lowest BCUT2D eigenvalue weighted by molar-refractivity contribution is -0.138. The molecular formula is C19H20O4. The van der Waals surface area contributed by atoms with Crippen LogP contribution < -0.4 is 0 Å². The zero-order valence-electron chi connectivity index (χ0n) is 15.1. The van der Waals surface area contributed by atoms with Crippen LogP contribution in [0.1, 0.15) is 48.1 Å². The molecule has 2 aromatic rings. The van der Waals surface area contributed by atoms with Gasteiger partial charge in [0, 0.05) is 2.74 Å². The van der Waals surface area contributed by atoms with Crippen molar-refractivity contribution in [2.24, 2.45) is 0 Å². The highest BCUT2D eigenvalue weighted by molar-refractivity contribution is 5.91. The molecule has 0 fully saturated rings. The van der Waals surface area contributed by atoms with Crippen molar-refractivity contribution >= 4 is 11.9 Å². The second-order valence-corrected chi connectivity index (χ2v) is 5.45. The molecule has 0 aromatic heterocycles. The molecule has 2 rings (SSSR count). The third-order valence-corrected chi connectivity index (χ3v) is 3.58. The van der Waals surface area contributed by atoms with Gasteiger partial charge in [-0.2, -0.15) is 0 Å². The van der Waals surface area contributed by atoms with Crippen LogP contribution in [0.5, 0.6) is 0 Å². The monoisotopic (exact) mass is 314 g/mol. The number of ether oxygens (including phenoxy) is 1. The largest absolute Gasteiger partial charge is 0.481 e. The van der Waals surface area contributed by atoms with E-state index < -0.39 is 24.7 Å². The predicted molar refractivity (Wildman–Crippen MR) is 87.5 cm³/mol. The Morgan fingerprint density at radius 2 is 1.87 bits per heavy atom. The number of aryl methyl sites for hydroxylation is 2. The number of carbonyl (C=O) groups is 2. The summed E-state index contributed by atoms with van der Waals surface area (Å²) in [7, 11) is 0. The molecule has 0 spiro atoms. The van der Waals surface area contributed by atoms with Crippen molar-refractivity contribution in [3.8, 4) is 0 Å². The van der Waals surface area contributed by atoms with Gasteiger partial charge in [0.05, 0.1) is 11.5 Å². The smallest absolute Gasteiger partial charge is 0.338 e. The minimum Gasteiger partial charge on any atom is -0.481 e. The van der Waals surface area contributed by atoms with Gasteiger partial charge in [-0.15, -0.1) is 0 Å². The highest BCUT2D eigenvalue weighted by atomic mass is 16.5. The van der Waals surface area contributed by atoms with E-state index in [1.54, 1.807) is 30.3 Å². The molecule has 0 aliphatic carbocycles. The summed E-state index contributed by atoms with van der Waals surface area (Å²) in [5.74, 6) is -2.82. The van der Waals surface area contributed by atoms with E-state index in [1.165, 1.54) is 0 Å². The van der Waals surface area contributed by atoms with Crippen LogP contribution in [0.25, 0.3) is 0 Å². The topological polar surface area (TPSA) is 63.6 Å². The standard InChI is InChI=1S/C19H20O4/c1-12-4-9-17(13(2)10-12)19(22)23-11-15-5-7-16(8-6-15)14(3)18(20)21/h4-10,14H,11H2,1-3H3,(H,20,21)/i3D2. The zero-order valence-corrected chi connectivity index (χ0v) is 13.1. The highest BCUT2D eigenvalue weighted by Gasteiger charge is 2.14. The number of carboxylic acids is 1. The van der Waals surface area contributed by atoms with Gasteiger partial charge >= 0.3 is 11.9 Å². The Labute approximate surface area is 138 Å². The minimum absolute atomic E-state index is 0.0648. The summed E-state index contributed by atoms with van der Waals surface area (Å²) in [6.07, 6.45) is 0. The average molecular weight is 314 g/mol. The van der Waals surface area contributed by atoms with E-state index in [1.807, 2.05) is 26.0 Å². The second kappa shape index (κ2) is 7.09. The van der Waals surface area contributed by atoms with Gasteiger partial charge < -0.3 is 9.84 Å². The Morgan fingerprint density at radius 3 is 2.43 bits per heavy atom. The number of hydrogen-bond donors (Lipinski definition) is 1. The molecule has 0 bridgehead atoms. The normalized spacial score (nSPS) is 13.2. The molecule has 4 heteroatoms. The van der Waals surface area contributed by atoms with Crippen molar-refractivity contribution in [1.82, 2.24) is 0 Å². The van der Waals surface area contributed by atoms with Crippen LogP contribution in [0.15, 0.2) is 42.5 Å². The van der Waals surface area contributed by atoms with E-state index in [9.17, 15) is 9.59 Å². The van der Waals surface area contributed by atoms with Crippen molar-refractivity contribution in [1.29, 1.82) is 0 Å². The molecule has 0 aliphatic rings. The molecule has 1 unspecified atom stereocenters. The fourth-order valence-electron chi connectivity index (χ4n) is 2.23. The van der Waals surface area contributed by atoms with Crippen molar-refractivity contribution in [2.75, 3.05) is 0 Å². The quantitative estimate of drug-likeness (QED) is 0.851. The number of aliphatic carboxylic acids is 1. The third-order valence-electron chi connectivity index (χ3n) is 3.58. The predicted octanol–water partition coefficient (Wildman–Crippen LogP) is 3.85. The summed E-state index contributed by atoms with van der Waals surface area (Å²) < 4.78 is 20.0. The van der Waals surface area contributed by atoms with Crippen LogP contribution in [0, 0.1) is 13.8 Å². The first kappa shape index (κ1) is 14.0. The van der Waals surface area contributed by atoms with Crippen molar-refractivity contribution in [3.63, 3.8) is 0 Å². The Hall–Kier alpha value is -2.62. The first-order chi connectivity index (χ1) is 11.8. The number of hydrogen-bond acceptors (Lipinski definition) is 3. The lowest BCUT2D eigenvalue weighted by atomic mass is 10.0. The molecule has 1 N–H and O–H groups in total. The lowest BCUT2D eigenvalue weighted by Crippen LogP contribution is -2.08. The van der Waals surface area contributed by atoms with E-state index in [0.29, 0.717) is 16.7 Å². The maximum atomic E-state index is 12.2. The van der Waals surface area contributed by atoms with Crippen molar-refractivity contribution < 1.29 is 22.2 Å². The fourth-order valence-corrected chi connectivity index (χ4v) is 2.23. The van der Waals surface area contributed by atoms with Crippen LogP contribution in [0.4, 0.5) is 0 Å². The molecule has 23 heavy (non-hydrogen) atoms. The van der Waals surface area contributed by atoms with Gasteiger partial charge in [-0.25, -0.2) is 4.79 Å². The number of esters is 1. The summed E-state index contributed by atoms with van der Waals surface area (Å²) in [5.41, 5.74) is 3.52. The average Bonchev–Trinajstić information content (AvgIpc) is 2.53. The van der Waals surface area contributed by atoms with Gasteiger partial charge in [-0.3, -0.25) is 4.79 Å². The van der Waals surface area contributed by atoms with Gasteiger partial charge in [0.15, 0.2) is 0 Å². The summed E-state index contributed by atoms with van der Waals surface area (Å²) in [6.45, 7) is 2.37. The molecule has 0 saturated carbocycles. The van der Waals surface area contributed by atoms with Crippen LogP contribution in [-0.4, -0.2) is 17.0 Å². The Kier molecular flexibility index (Phi) is 4.32. The molecule has 4 nitrogen and oxygen atoms in total. The van der Waals surface area contributed by atoms with E-state index in [4.69, 9.17) is 12.6 Å². The molecule has 0 saturated heterocycles. The molecule has 0 radical (unpaired) electrons. The van der Waals surface area contributed by atoms with Gasteiger partial charge in [0.2, 0.25) is 0 Å². The van der Waals surface area contributed by atoms with Crippen molar-refractivity contribution in [3.05, 3.63) is 70.3 Å². The summed E-state index contributed by atoms with van der Waals surface area (Å²) in [6, 6.07) is 11.9. The molecule has 1 atom stereocenters. The molecule has 0 amide bonds. The summed E-state index contributed by atoms with van der Waals surface area (Å²) >= 11 is 0. The zero-order chi connectivity index (χ0) is 18.6. The first-order valence-electron chi connectivity index (χ1n) is 8.35. The van der Waals surface area contributed by atoms with Gasteiger partial charge in [0.25, 0.3) is 0 Å². The van der Waals surface area contributed by atoms with Gasteiger partial charge in [-0.1, -0.05) is 42.0 Å². The van der Waals surface area contributed by atoms with Crippen LogP contribution >= 0.6 is 0 Å². The van der Waals surface area contributed by atoms with Gasteiger partial charge in [0.1, 0.15) is 6.61 Å². The van der Waals surface area contributed by atoms with E-state index in [2.05, 4.69) is 0 Å². The lowest BCUT2D eigenvalue weighted by Gasteiger charge is -2.10. The molecular weight excluding hydrogens is 292 g/mol. The second-order valence-electron chi connectivity index (χ2n) is 5.45. The first-order valence-corrected chi connectivity index (χ1v) is 7.20. The summed E-state index contributed by atoms with van der Waals surface area (Å²) in [5, 5.41) is 9.10. The number of rotatable bonds is 5.